The molecule has 3 aromatic rings. The molecule has 0 N–H and O–H groups in total. The molecule has 0 radical (unpaired) electrons. The van der Waals surface area contributed by atoms with Gasteiger partial charge in [0.15, 0.2) is 0 Å². The van der Waals surface area contributed by atoms with Gasteiger partial charge in [0, 0.05) is 0 Å². The molecule has 0 saturated carbocycles. The summed E-state index contributed by atoms with van der Waals surface area (Å²) in [5, 5.41) is 0.788. The standard InChI is InChI=1S/C18H13AsBrCl/c20-17-10-6-15(7-11-17)19(14-4-2-1-3-5-14)16-8-12-18(21)13-9-16/h1-13H. The molecule has 0 aliphatic rings. The normalized spacial score (nSPS) is 12.1. The van der Waals surface area contributed by atoms with Crippen molar-refractivity contribution in [2.45, 2.75) is 0 Å². The predicted octanol–water partition coefficient (Wildman–Crippen LogP) is 3.62. The summed E-state index contributed by atoms with van der Waals surface area (Å²) in [6, 6.07) is 27.8. The summed E-state index contributed by atoms with van der Waals surface area (Å²) in [4.78, 5) is 0. The van der Waals surface area contributed by atoms with E-state index in [1.165, 1.54) is 13.1 Å². The van der Waals surface area contributed by atoms with Crippen LogP contribution in [-0.4, -0.2) is 14.7 Å². The maximum absolute atomic E-state index is 6.04. The Hall–Kier alpha value is -1.01. The Morgan fingerprint density at radius 1 is 0.619 bits per heavy atom. The van der Waals surface area contributed by atoms with Crippen molar-refractivity contribution in [1.82, 2.24) is 0 Å². The van der Waals surface area contributed by atoms with Crippen LogP contribution in [0.15, 0.2) is 83.3 Å². The van der Waals surface area contributed by atoms with Crippen LogP contribution in [0.5, 0.6) is 0 Å². The fourth-order valence-corrected chi connectivity index (χ4v) is 7.33. The zero-order chi connectivity index (χ0) is 14.7. The number of hydrogen-bond acceptors (Lipinski definition) is 0. The first-order valence-corrected chi connectivity index (χ1v) is 10.6. The maximum atomic E-state index is 6.04. The van der Waals surface area contributed by atoms with Gasteiger partial charge in [-0.1, -0.05) is 0 Å². The van der Waals surface area contributed by atoms with Crippen LogP contribution >= 0.6 is 27.5 Å². The molecule has 0 nitrogen and oxygen atoms in total. The number of hydrogen-bond donors (Lipinski definition) is 0. The first-order valence-electron chi connectivity index (χ1n) is 6.60. The summed E-state index contributed by atoms with van der Waals surface area (Å²) in [5.41, 5.74) is 0. The Morgan fingerprint density at radius 2 is 1.10 bits per heavy atom. The van der Waals surface area contributed by atoms with Crippen LogP contribution in [0.4, 0.5) is 0 Å². The number of rotatable bonds is 3. The van der Waals surface area contributed by atoms with E-state index in [4.69, 9.17) is 11.6 Å². The molecule has 0 amide bonds. The molecule has 0 aliphatic heterocycles. The number of halogens is 2. The Morgan fingerprint density at radius 3 is 1.67 bits per heavy atom. The summed E-state index contributed by atoms with van der Waals surface area (Å²) in [5.74, 6) is 0. The van der Waals surface area contributed by atoms with Gasteiger partial charge in [-0.25, -0.2) is 0 Å². The molecule has 0 aromatic heterocycles. The average Bonchev–Trinajstić information content (AvgIpc) is 2.52. The summed E-state index contributed by atoms with van der Waals surface area (Å²) < 4.78 is 5.35. The summed E-state index contributed by atoms with van der Waals surface area (Å²) in [6.07, 6.45) is 0. The fraction of sp³-hybridized carbons (Fsp3) is 0. The monoisotopic (exact) mass is 418 g/mol. The van der Waals surface area contributed by atoms with Crippen LogP contribution in [0.2, 0.25) is 5.02 Å². The molecule has 1 atom stereocenters. The second kappa shape index (κ2) is 6.83. The molecule has 0 aliphatic carbocycles. The van der Waals surface area contributed by atoms with Crippen LogP contribution in [-0.2, 0) is 0 Å². The zero-order valence-electron chi connectivity index (χ0n) is 11.2. The molecule has 104 valence electrons. The first-order chi connectivity index (χ1) is 10.2. The average molecular weight is 420 g/mol. The van der Waals surface area contributed by atoms with Crippen molar-refractivity contribution in [2.75, 3.05) is 0 Å². The van der Waals surface area contributed by atoms with Gasteiger partial charge in [0.2, 0.25) is 0 Å². The second-order valence-electron chi connectivity index (χ2n) is 4.62. The topological polar surface area (TPSA) is 0 Å². The molecule has 3 rings (SSSR count). The minimum absolute atomic E-state index is 0.788. The van der Waals surface area contributed by atoms with Crippen molar-refractivity contribution in [3.05, 3.63) is 88.4 Å². The van der Waals surface area contributed by atoms with Crippen molar-refractivity contribution in [2.24, 2.45) is 0 Å². The molecule has 0 spiro atoms. The van der Waals surface area contributed by atoms with Gasteiger partial charge >= 0.3 is 144 Å². The fourth-order valence-electron chi connectivity index (χ4n) is 2.20. The van der Waals surface area contributed by atoms with E-state index in [0.29, 0.717) is 0 Å². The summed E-state index contributed by atoms with van der Waals surface area (Å²) in [7, 11) is 0. The molecule has 3 heteroatoms. The van der Waals surface area contributed by atoms with E-state index in [2.05, 4.69) is 82.7 Å². The molecule has 3 aromatic carbocycles. The van der Waals surface area contributed by atoms with Crippen molar-refractivity contribution in [1.29, 1.82) is 0 Å². The second-order valence-corrected chi connectivity index (χ2v) is 10.6. The van der Waals surface area contributed by atoms with Gasteiger partial charge in [-0.05, 0) is 0 Å². The molecule has 0 heterocycles. The molecular weight excluding hydrogens is 406 g/mol. The van der Waals surface area contributed by atoms with E-state index in [1.807, 2.05) is 12.1 Å². The molecule has 0 fully saturated rings. The first kappa shape index (κ1) is 14.9. The minimum atomic E-state index is -1.51. The Bertz CT molecular complexity index is 663. The van der Waals surface area contributed by atoms with Crippen molar-refractivity contribution >= 4 is 55.2 Å². The zero-order valence-corrected chi connectivity index (χ0v) is 15.4. The van der Waals surface area contributed by atoms with Crippen molar-refractivity contribution in [3.63, 3.8) is 0 Å². The van der Waals surface area contributed by atoms with Gasteiger partial charge in [0.1, 0.15) is 0 Å². The quantitative estimate of drug-likeness (QED) is 0.569. The Balaban J connectivity index is 2.11. The Labute approximate surface area is 143 Å². The third-order valence-electron chi connectivity index (χ3n) is 3.18. The van der Waals surface area contributed by atoms with E-state index in [9.17, 15) is 0 Å². The van der Waals surface area contributed by atoms with E-state index in [-0.39, 0.29) is 0 Å². The molecule has 0 saturated heterocycles. The van der Waals surface area contributed by atoms with Gasteiger partial charge in [0.25, 0.3) is 0 Å². The third-order valence-corrected chi connectivity index (χ3v) is 9.09. The SMILES string of the molecule is Clc1ccc([As](c2ccccc2)c2ccc(Br)cc2)cc1. The Kier molecular flexibility index (Phi) is 4.85. The van der Waals surface area contributed by atoms with Crippen LogP contribution < -0.4 is 13.1 Å². The van der Waals surface area contributed by atoms with Gasteiger partial charge in [-0.15, -0.1) is 0 Å². The van der Waals surface area contributed by atoms with Gasteiger partial charge in [-0.2, -0.15) is 0 Å². The van der Waals surface area contributed by atoms with Crippen LogP contribution in [0.1, 0.15) is 0 Å². The van der Waals surface area contributed by atoms with Crippen molar-refractivity contribution < 1.29 is 0 Å². The van der Waals surface area contributed by atoms with Crippen LogP contribution in [0, 0.1) is 0 Å². The van der Waals surface area contributed by atoms with E-state index in [0.717, 1.165) is 9.50 Å². The molecular formula is C18H13AsBrCl. The summed E-state index contributed by atoms with van der Waals surface area (Å²) >= 11 is 8.04. The van der Waals surface area contributed by atoms with Crippen molar-refractivity contribution in [3.8, 4) is 0 Å². The molecule has 0 bridgehead atoms. The van der Waals surface area contributed by atoms with E-state index < -0.39 is 14.7 Å². The molecule has 1 unspecified atom stereocenters. The van der Waals surface area contributed by atoms with E-state index >= 15 is 0 Å². The predicted molar refractivity (Wildman–Crippen MR) is 96.7 cm³/mol. The van der Waals surface area contributed by atoms with Crippen LogP contribution in [0.3, 0.4) is 0 Å². The van der Waals surface area contributed by atoms with Gasteiger partial charge in [0.05, 0.1) is 0 Å². The van der Waals surface area contributed by atoms with E-state index in [1.54, 1.807) is 0 Å². The van der Waals surface area contributed by atoms with Gasteiger partial charge < -0.3 is 0 Å². The summed E-state index contributed by atoms with van der Waals surface area (Å²) in [6.45, 7) is 0. The number of benzene rings is 3. The van der Waals surface area contributed by atoms with Gasteiger partial charge in [-0.3, -0.25) is 0 Å². The third kappa shape index (κ3) is 3.61. The van der Waals surface area contributed by atoms with Crippen LogP contribution in [0.25, 0.3) is 0 Å². The molecule has 21 heavy (non-hydrogen) atoms.